The molecule has 398 valence electrons. The molecule has 0 spiro atoms. The third-order valence-corrected chi connectivity index (χ3v) is 15.7. The second kappa shape index (κ2) is 20.4. The molecule has 4 aromatic carbocycles. The summed E-state index contributed by atoms with van der Waals surface area (Å²) < 4.78 is 12.3. The Morgan fingerprint density at radius 2 is 1.16 bits per heavy atom. The van der Waals surface area contributed by atoms with Gasteiger partial charge in [-0.3, -0.25) is 14.6 Å². The number of rotatable bonds is 8. The number of H-pyrrole nitrogens is 2. The first kappa shape index (κ1) is 51.0. The van der Waals surface area contributed by atoms with Crippen molar-refractivity contribution < 1.29 is 38.5 Å². The Balaban J connectivity index is 0.00000614. The zero-order chi connectivity index (χ0) is 55.2. The van der Waals surface area contributed by atoms with Crippen LogP contribution in [0.2, 0.25) is 0 Å². The summed E-state index contributed by atoms with van der Waals surface area (Å²) in [6.45, 7) is 0. The van der Waals surface area contributed by atoms with Crippen LogP contribution in [0.4, 0.5) is 0 Å². The number of ether oxygens (including phenoxy) is 2. The molecule has 0 saturated heterocycles. The summed E-state index contributed by atoms with van der Waals surface area (Å²) in [6, 6.07) is 37.7. The molecule has 2 N–H and O–H groups in total. The maximum absolute atomic E-state index is 12.9. The number of aliphatic imine (C=N–C) groups is 2. The monoisotopic (exact) mass is 1140 g/mol. The summed E-state index contributed by atoms with van der Waals surface area (Å²) in [6.07, 6.45) is 12.7. The third-order valence-electron chi connectivity index (χ3n) is 15.7. The number of fused-ring (bicyclic) bond motifs is 26. The van der Waals surface area contributed by atoms with Crippen LogP contribution in [0.25, 0.3) is 101 Å². The van der Waals surface area contributed by atoms with Gasteiger partial charge in [-0.05, 0) is 94.1 Å². The number of nitrogens with zero attached hydrogens (tertiary/aromatic N) is 12. The number of nitrogens with one attached hydrogen (secondary N) is 2. The Kier molecular flexibility index (Phi) is 12.6. The van der Waals surface area contributed by atoms with Gasteiger partial charge in [-0.1, -0.05) is 91.0 Å². The molecule has 19 heteroatoms. The molecular weight excluding hydrogens is 1090 g/mol. The maximum atomic E-state index is 12.9. The van der Waals surface area contributed by atoms with Crippen LogP contribution in [0.15, 0.2) is 173 Å². The quantitative estimate of drug-likeness (QED) is 0.107. The van der Waals surface area contributed by atoms with E-state index in [-0.39, 0.29) is 44.3 Å². The average Bonchev–Trinajstić information content (AvgIpc) is 3.19. The van der Waals surface area contributed by atoms with Crippen molar-refractivity contribution in [2.24, 2.45) is 17.0 Å². The van der Waals surface area contributed by atoms with E-state index in [2.05, 4.69) is 40.3 Å². The van der Waals surface area contributed by atoms with Gasteiger partial charge in [0, 0.05) is 99.4 Å². The number of benzene rings is 4. The van der Waals surface area contributed by atoms with E-state index in [9.17, 15) is 9.59 Å². The Labute approximate surface area is 485 Å². The third kappa shape index (κ3) is 8.78. The summed E-state index contributed by atoms with van der Waals surface area (Å²) >= 11 is 0. The van der Waals surface area contributed by atoms with Crippen LogP contribution >= 0.6 is 0 Å². The van der Waals surface area contributed by atoms with Crippen LogP contribution in [-0.4, -0.2) is 93.0 Å². The van der Waals surface area contributed by atoms with Gasteiger partial charge in [-0.15, -0.1) is 0 Å². The number of hydrogen-bond acceptors (Lipinski definition) is 13. The predicted octanol–water partition coefficient (Wildman–Crippen LogP) is 8.61. The normalized spacial score (nSPS) is 18.0. The molecular formula is C64H46N14O4Zn. The van der Waals surface area contributed by atoms with Crippen LogP contribution in [0.1, 0.15) is 54.4 Å². The summed E-state index contributed by atoms with van der Waals surface area (Å²) in [5.74, 6) is 1.44. The number of aromatic amines is 2. The second-order valence-corrected chi connectivity index (χ2v) is 20.4. The predicted molar refractivity (Wildman–Crippen MR) is 311 cm³/mol. The standard InChI is InChI=1S/C64H46N14O4.Zn/c1-78-31-30-65-64(78)55-50-26-22-46(68-50)41(18-28-52(79)81-2)44-20-24-48(66-44)54(49-25-21-45(67-49)42(19-29-53(80)82-3)47-23-27-51(55)69-47)33-16-17-40-43(32-33)63-76-61-39-15-9-8-14-38(39)59(74-61)72-57-35-11-5-4-10-34(35)56(70-57)71-58-36-12-6-7-13-37(36)60(73-58)75-62(40)77-63;/h4-17,20-27,30-32,48,54H,18-19,28-29H2,1-3H3,(H2-2,65,66,67,68,69,70,71,72,73,74,75,76,77);/q-2;+2. The van der Waals surface area contributed by atoms with Gasteiger partial charge in [0.1, 0.15) is 5.82 Å². The van der Waals surface area contributed by atoms with E-state index in [4.69, 9.17) is 64.3 Å². The molecule has 0 aliphatic carbocycles. The number of aromatic nitrogens is 12. The van der Waals surface area contributed by atoms with Gasteiger partial charge in [0.2, 0.25) is 0 Å². The fourth-order valence-corrected chi connectivity index (χ4v) is 11.7. The number of carbonyl (C=O) groups is 2. The van der Waals surface area contributed by atoms with E-state index < -0.39 is 12.0 Å². The number of methoxy groups -OCH3 is 2. The molecule has 2 atom stereocenters. The van der Waals surface area contributed by atoms with Crippen molar-refractivity contribution >= 4 is 78.6 Å². The minimum atomic E-state index is -0.463. The number of esters is 2. The van der Waals surface area contributed by atoms with Gasteiger partial charge in [0.25, 0.3) is 0 Å². The fraction of sp³-hybridized carbons (Fsp3) is 0.141. The van der Waals surface area contributed by atoms with Crippen molar-refractivity contribution in [3.63, 3.8) is 0 Å². The maximum Gasteiger partial charge on any atom is 2.00 e. The van der Waals surface area contributed by atoms with E-state index in [0.29, 0.717) is 81.7 Å². The summed E-state index contributed by atoms with van der Waals surface area (Å²) in [4.78, 5) is 90.1. The molecule has 10 aromatic rings. The summed E-state index contributed by atoms with van der Waals surface area (Å²) in [5.41, 5.74) is 12.1. The SMILES string of the molecule is COC(=O)CC/C1=C2\C=CC(=N2)/C(c2nccn2C)=c2/cc/c([nH]2)=C(\CCC(=O)OC)c2ccc([nH]2)C(c2ccc3c4nc5nc(nc6[n-]c(nc7nc(nc([n-]4)c3c2)-c2ccccc2-7)c2ccccc62)-c2ccccc2-5)C2C=CC1=N2.[Zn+2]. The number of hydrogen-bond donors (Lipinski definition) is 2. The first-order chi connectivity index (χ1) is 40.2. The molecule has 0 saturated carbocycles. The van der Waals surface area contributed by atoms with Gasteiger partial charge in [0.05, 0.1) is 77.5 Å². The van der Waals surface area contributed by atoms with Crippen LogP contribution in [0, 0.1) is 0 Å². The molecule has 2 unspecified atom stereocenters. The Morgan fingerprint density at radius 1 is 0.590 bits per heavy atom. The number of imidazole rings is 1. The zero-order valence-electron chi connectivity index (χ0n) is 45.1. The Morgan fingerprint density at radius 3 is 1.75 bits per heavy atom. The van der Waals surface area contributed by atoms with E-state index >= 15 is 0 Å². The molecule has 83 heavy (non-hydrogen) atoms. The van der Waals surface area contributed by atoms with E-state index in [1.165, 1.54) is 14.2 Å². The van der Waals surface area contributed by atoms with Crippen molar-refractivity contribution in [3.05, 3.63) is 197 Å². The van der Waals surface area contributed by atoms with Crippen LogP contribution in [0.3, 0.4) is 0 Å². The largest absolute Gasteiger partial charge is 2.00 e. The van der Waals surface area contributed by atoms with E-state index in [0.717, 1.165) is 88.2 Å². The average molecular weight is 1140 g/mol. The smallest absolute Gasteiger partial charge is 0.469 e. The fourth-order valence-electron chi connectivity index (χ4n) is 11.7. The number of aryl methyl sites for hydroxylation is 1. The van der Waals surface area contributed by atoms with Gasteiger partial charge < -0.3 is 53.9 Å². The second-order valence-electron chi connectivity index (χ2n) is 20.4. The van der Waals surface area contributed by atoms with Crippen molar-refractivity contribution in [2.45, 2.75) is 37.6 Å². The summed E-state index contributed by atoms with van der Waals surface area (Å²) in [7, 11) is 4.74. The Bertz CT molecular complexity index is 4890. The first-order valence-electron chi connectivity index (χ1n) is 26.9. The zero-order valence-corrected chi connectivity index (χ0v) is 48.1. The van der Waals surface area contributed by atoms with Gasteiger partial charge in [-0.25, -0.2) is 19.9 Å². The topological polar surface area (TPSA) is 232 Å². The van der Waals surface area contributed by atoms with Gasteiger partial charge in [-0.2, -0.15) is 0 Å². The summed E-state index contributed by atoms with van der Waals surface area (Å²) in [5, 5.41) is 4.72. The van der Waals surface area contributed by atoms with Gasteiger partial charge in [0.15, 0.2) is 0 Å². The van der Waals surface area contributed by atoms with E-state index in [1.807, 2.05) is 127 Å². The Hall–Kier alpha value is -10.1. The van der Waals surface area contributed by atoms with Crippen LogP contribution < -0.4 is 20.7 Å². The molecule has 18 nitrogen and oxygen atoms in total. The molecule has 0 amide bonds. The molecule has 0 fully saturated rings. The molecule has 16 bridgehead atoms. The molecule has 5 aliphatic rings. The number of allylic oxidation sites excluding steroid dienone is 4. The number of carbonyl (C=O) groups excluding carboxylic acids is 2. The van der Waals surface area contributed by atoms with Gasteiger partial charge >= 0.3 is 31.4 Å². The minimum Gasteiger partial charge on any atom is -0.469 e. The first-order valence-corrected chi connectivity index (χ1v) is 26.9. The van der Waals surface area contributed by atoms with Crippen LogP contribution in [0.5, 0.6) is 0 Å². The van der Waals surface area contributed by atoms with Crippen molar-refractivity contribution in [1.29, 1.82) is 0 Å². The van der Waals surface area contributed by atoms with E-state index in [1.54, 1.807) is 6.20 Å². The van der Waals surface area contributed by atoms with Crippen molar-refractivity contribution in [3.8, 4) is 45.6 Å². The minimum absolute atomic E-state index is 0. The van der Waals surface area contributed by atoms with Crippen LogP contribution in [-0.2, 0) is 45.6 Å². The molecule has 5 aliphatic heterocycles. The van der Waals surface area contributed by atoms with Crippen molar-refractivity contribution in [2.75, 3.05) is 14.2 Å². The van der Waals surface area contributed by atoms with Crippen molar-refractivity contribution in [1.82, 2.24) is 59.4 Å². The molecule has 0 radical (unpaired) electrons. The molecule has 11 heterocycles. The molecule has 6 aromatic heterocycles. The molecule has 15 rings (SSSR count).